The quantitative estimate of drug-likeness (QED) is 0.378. The Hall–Kier alpha value is -2.33. The molecule has 0 aliphatic heterocycles. The summed E-state index contributed by atoms with van der Waals surface area (Å²) in [6.07, 6.45) is 9.07. The van der Waals surface area contributed by atoms with Crippen LogP contribution in [0.2, 0.25) is 0 Å². The molecule has 4 heteroatoms. The Morgan fingerprint density at radius 2 is 1.69 bits per heavy atom. The van der Waals surface area contributed by atoms with Gasteiger partial charge in [-0.3, -0.25) is 5.01 Å². The minimum atomic E-state index is 0.509. The summed E-state index contributed by atoms with van der Waals surface area (Å²) in [7, 11) is 1.59. The fourth-order valence-electron chi connectivity index (χ4n) is 3.77. The second-order valence-electron chi connectivity index (χ2n) is 6.83. The zero-order valence-electron chi connectivity index (χ0n) is 15.6. The Balaban J connectivity index is 1.67. The van der Waals surface area contributed by atoms with Crippen LogP contribution in [0, 0.1) is 5.92 Å². The second-order valence-corrected chi connectivity index (χ2v) is 6.83. The lowest BCUT2D eigenvalue weighted by atomic mass is 9.97. The van der Waals surface area contributed by atoms with Crippen molar-refractivity contribution in [1.29, 1.82) is 0 Å². The van der Waals surface area contributed by atoms with Crippen LogP contribution in [0.3, 0.4) is 0 Å². The molecule has 0 spiro atoms. The predicted octanol–water partition coefficient (Wildman–Crippen LogP) is 5.30. The highest BCUT2D eigenvalue weighted by molar-refractivity contribution is 5.61. The van der Waals surface area contributed by atoms with E-state index in [9.17, 15) is 0 Å². The van der Waals surface area contributed by atoms with E-state index in [2.05, 4.69) is 76.3 Å². The first kappa shape index (κ1) is 18.5. The molecule has 26 heavy (non-hydrogen) atoms. The second kappa shape index (κ2) is 9.97. The summed E-state index contributed by atoms with van der Waals surface area (Å²) in [6.45, 7) is 0. The lowest BCUT2D eigenvalue weighted by molar-refractivity contribution is 0.214. The van der Waals surface area contributed by atoms with E-state index < -0.39 is 0 Å². The summed E-state index contributed by atoms with van der Waals surface area (Å²) in [6, 6.07) is 21.6. The van der Waals surface area contributed by atoms with Crippen molar-refractivity contribution in [1.82, 2.24) is 5.43 Å². The van der Waals surface area contributed by atoms with Crippen molar-refractivity contribution in [3.05, 3.63) is 60.7 Å². The summed E-state index contributed by atoms with van der Waals surface area (Å²) in [4.78, 5) is 4.74. The number of nitrogens with zero attached hydrogens (tertiary/aromatic N) is 2. The van der Waals surface area contributed by atoms with Crippen molar-refractivity contribution in [2.75, 3.05) is 12.1 Å². The molecule has 0 amide bonds. The van der Waals surface area contributed by atoms with E-state index in [0.29, 0.717) is 12.0 Å². The highest BCUT2D eigenvalue weighted by Crippen LogP contribution is 2.32. The number of rotatable bonds is 9. The van der Waals surface area contributed by atoms with Crippen LogP contribution in [0.25, 0.3) is 0 Å². The molecule has 0 saturated heterocycles. The topological polar surface area (TPSA) is 36.9 Å². The van der Waals surface area contributed by atoms with E-state index in [0.717, 1.165) is 12.8 Å². The molecule has 4 nitrogen and oxygen atoms in total. The third-order valence-corrected chi connectivity index (χ3v) is 5.07. The Bertz CT molecular complexity index is 620. The number of hydrazine groups is 1. The molecule has 138 valence electrons. The molecule has 2 aromatic rings. The normalized spacial score (nSPS) is 19.7. The maximum Gasteiger partial charge on any atom is 0.106 e. The fraction of sp³-hybridized carbons (Fsp3) is 0.409. The molecule has 0 heterocycles. The summed E-state index contributed by atoms with van der Waals surface area (Å²) < 4.78 is 0. The first-order valence-corrected chi connectivity index (χ1v) is 9.60. The van der Waals surface area contributed by atoms with E-state index in [1.165, 1.54) is 37.1 Å². The van der Waals surface area contributed by atoms with E-state index in [-0.39, 0.29) is 0 Å². The van der Waals surface area contributed by atoms with Crippen molar-refractivity contribution in [3.8, 4) is 0 Å². The van der Waals surface area contributed by atoms with E-state index in [1.807, 2.05) is 6.21 Å². The van der Waals surface area contributed by atoms with Gasteiger partial charge in [0.2, 0.25) is 0 Å². The highest BCUT2D eigenvalue weighted by atomic mass is 16.6. The van der Waals surface area contributed by atoms with Crippen molar-refractivity contribution in [2.45, 2.75) is 44.6 Å². The zero-order valence-corrected chi connectivity index (χ0v) is 15.6. The monoisotopic (exact) mass is 351 g/mol. The molecule has 1 N–H and O–H groups in total. The zero-order chi connectivity index (χ0) is 18.0. The van der Waals surface area contributed by atoms with Gasteiger partial charge in [0.25, 0.3) is 0 Å². The van der Waals surface area contributed by atoms with Gasteiger partial charge in [-0.05, 0) is 62.3 Å². The summed E-state index contributed by atoms with van der Waals surface area (Å²) in [5.74, 6) is 0.709. The van der Waals surface area contributed by atoms with Crippen LogP contribution in [-0.4, -0.2) is 19.4 Å². The molecule has 2 unspecified atom stereocenters. The molecule has 2 atom stereocenters. The number of para-hydroxylation sites is 2. The summed E-state index contributed by atoms with van der Waals surface area (Å²) in [5.41, 5.74) is 6.18. The van der Waals surface area contributed by atoms with Gasteiger partial charge >= 0.3 is 0 Å². The maximum atomic E-state index is 4.74. The molecule has 1 saturated carbocycles. The number of benzene rings is 2. The number of hydrogen-bond donors (Lipinski definition) is 1. The minimum Gasteiger partial charge on any atom is -0.399 e. The molecule has 1 aliphatic carbocycles. The van der Waals surface area contributed by atoms with Crippen molar-refractivity contribution < 1.29 is 4.84 Å². The van der Waals surface area contributed by atoms with Crippen LogP contribution in [0.1, 0.15) is 38.5 Å². The Kier molecular flexibility index (Phi) is 7.08. The van der Waals surface area contributed by atoms with Gasteiger partial charge in [-0.25, -0.2) is 5.43 Å². The molecule has 1 aliphatic rings. The molecule has 0 aromatic heterocycles. The van der Waals surface area contributed by atoms with Gasteiger partial charge in [-0.2, -0.15) is 0 Å². The van der Waals surface area contributed by atoms with E-state index >= 15 is 0 Å². The first-order chi connectivity index (χ1) is 12.9. The number of anilines is 2. The Morgan fingerprint density at radius 3 is 2.31 bits per heavy atom. The maximum absolute atomic E-state index is 4.74. The SMILES string of the molecule is CO/N=C/CCCC1CCCC1NN(c1ccccc1)c1ccccc1. The Morgan fingerprint density at radius 1 is 1.04 bits per heavy atom. The summed E-state index contributed by atoms with van der Waals surface area (Å²) >= 11 is 0. The molecule has 0 radical (unpaired) electrons. The largest absolute Gasteiger partial charge is 0.399 e. The smallest absolute Gasteiger partial charge is 0.106 e. The first-order valence-electron chi connectivity index (χ1n) is 9.60. The molecule has 3 rings (SSSR count). The Labute approximate surface area is 156 Å². The van der Waals surface area contributed by atoms with Crippen LogP contribution in [-0.2, 0) is 4.84 Å². The molecular formula is C22H29N3O. The minimum absolute atomic E-state index is 0.509. The molecular weight excluding hydrogens is 322 g/mol. The lowest BCUT2D eigenvalue weighted by Gasteiger charge is -2.32. The van der Waals surface area contributed by atoms with Crippen LogP contribution >= 0.6 is 0 Å². The average molecular weight is 351 g/mol. The summed E-state index contributed by atoms with van der Waals surface area (Å²) in [5, 5.41) is 6.08. The predicted molar refractivity (Wildman–Crippen MR) is 109 cm³/mol. The number of oxime groups is 1. The molecule has 2 aromatic carbocycles. The van der Waals surface area contributed by atoms with E-state index in [1.54, 1.807) is 7.11 Å². The van der Waals surface area contributed by atoms with Crippen LogP contribution < -0.4 is 10.4 Å². The number of hydrogen-bond acceptors (Lipinski definition) is 4. The fourth-order valence-corrected chi connectivity index (χ4v) is 3.77. The van der Waals surface area contributed by atoms with Gasteiger partial charge in [-0.15, -0.1) is 0 Å². The van der Waals surface area contributed by atoms with Gasteiger partial charge < -0.3 is 4.84 Å². The lowest BCUT2D eigenvalue weighted by Crippen LogP contribution is -2.43. The number of unbranched alkanes of at least 4 members (excludes halogenated alkanes) is 1. The van der Waals surface area contributed by atoms with Gasteiger partial charge in [0.15, 0.2) is 0 Å². The van der Waals surface area contributed by atoms with Gasteiger partial charge in [0.05, 0.1) is 11.4 Å². The van der Waals surface area contributed by atoms with Crippen LogP contribution in [0.4, 0.5) is 11.4 Å². The average Bonchev–Trinajstić information content (AvgIpc) is 3.14. The van der Waals surface area contributed by atoms with Crippen molar-refractivity contribution in [3.63, 3.8) is 0 Å². The third-order valence-electron chi connectivity index (χ3n) is 5.07. The third kappa shape index (κ3) is 5.09. The van der Waals surface area contributed by atoms with E-state index in [4.69, 9.17) is 4.84 Å². The number of nitrogens with one attached hydrogen (secondary N) is 1. The van der Waals surface area contributed by atoms with Gasteiger partial charge in [-0.1, -0.05) is 48.0 Å². The van der Waals surface area contributed by atoms with Crippen molar-refractivity contribution >= 4 is 17.6 Å². The molecule has 0 bridgehead atoms. The van der Waals surface area contributed by atoms with Crippen LogP contribution in [0.5, 0.6) is 0 Å². The van der Waals surface area contributed by atoms with Crippen molar-refractivity contribution in [2.24, 2.45) is 11.1 Å². The molecule has 1 fully saturated rings. The van der Waals surface area contributed by atoms with Gasteiger partial charge in [0, 0.05) is 12.3 Å². The van der Waals surface area contributed by atoms with Gasteiger partial charge in [0.1, 0.15) is 7.11 Å². The van der Waals surface area contributed by atoms with Crippen LogP contribution in [0.15, 0.2) is 65.8 Å². The standard InChI is InChI=1S/C22H29N3O/c1-26-23-18-9-8-11-19-12-10-17-22(19)24-25(20-13-4-2-5-14-20)21-15-6-3-7-16-21/h2-7,13-16,18-19,22,24H,8-12,17H2,1H3/b23-18+. The highest BCUT2D eigenvalue weighted by Gasteiger charge is 2.28.